The molecule has 0 radical (unpaired) electrons. The molecule has 0 heterocycles. The molecule has 0 saturated heterocycles. The highest BCUT2D eigenvalue weighted by Gasteiger charge is 2.04. The summed E-state index contributed by atoms with van der Waals surface area (Å²) in [5.41, 5.74) is 0.662. The number of nitrogens with one attached hydrogen (secondary N) is 1. The van der Waals surface area contributed by atoms with Gasteiger partial charge in [0, 0.05) is 27.7 Å². The first-order valence-corrected chi connectivity index (χ1v) is 6.22. The van der Waals surface area contributed by atoms with Crippen LogP contribution in [-0.2, 0) is 4.79 Å². The van der Waals surface area contributed by atoms with Gasteiger partial charge in [0.15, 0.2) is 0 Å². The third-order valence-corrected chi connectivity index (χ3v) is 3.06. The molecule has 4 heteroatoms. The molecule has 1 aromatic carbocycles. The van der Waals surface area contributed by atoms with E-state index in [0.29, 0.717) is 15.6 Å². The summed E-state index contributed by atoms with van der Waals surface area (Å²) in [6.07, 6.45) is 3.97. The zero-order chi connectivity index (χ0) is 12.8. The third-order valence-electron chi connectivity index (χ3n) is 2.40. The number of carbonyl (C=O) groups is 1. The lowest BCUT2D eigenvalue weighted by molar-refractivity contribution is -0.117. The molecule has 0 saturated carbocycles. The molecular weight excluding hydrogens is 257 g/mol. The summed E-state index contributed by atoms with van der Waals surface area (Å²) in [7, 11) is 0. The molecule has 17 heavy (non-hydrogen) atoms. The summed E-state index contributed by atoms with van der Waals surface area (Å²) >= 11 is 12.0. The Kier molecular flexibility index (Phi) is 5.52. The monoisotopic (exact) mass is 271 g/mol. The smallest absolute Gasteiger partial charge is 0.244 e. The number of hydrogen-bond donors (Lipinski definition) is 1. The van der Waals surface area contributed by atoms with Gasteiger partial charge in [-0.25, -0.2) is 0 Å². The van der Waals surface area contributed by atoms with Crippen LogP contribution >= 0.6 is 23.2 Å². The summed E-state index contributed by atoms with van der Waals surface area (Å²) in [6, 6.07) is 5.40. The molecule has 0 aliphatic rings. The molecule has 0 aliphatic carbocycles. The summed E-state index contributed by atoms with van der Waals surface area (Å²) in [6.45, 7) is 3.97. The van der Waals surface area contributed by atoms with Gasteiger partial charge in [-0.1, -0.05) is 36.2 Å². The molecule has 1 N–H and O–H groups in total. The second kappa shape index (κ2) is 6.67. The average molecular weight is 272 g/mol. The van der Waals surface area contributed by atoms with Crippen molar-refractivity contribution in [1.29, 1.82) is 0 Å². The number of hydrogen-bond acceptors (Lipinski definition) is 1. The van der Waals surface area contributed by atoms with Crippen molar-refractivity contribution in [3.05, 3.63) is 39.9 Å². The summed E-state index contributed by atoms with van der Waals surface area (Å²) in [5.74, 6) is -0.143. The van der Waals surface area contributed by atoms with Gasteiger partial charge in [0.25, 0.3) is 0 Å². The minimum atomic E-state index is -0.143. The first-order valence-electron chi connectivity index (χ1n) is 5.47. The Hall–Kier alpha value is -0.990. The van der Waals surface area contributed by atoms with Gasteiger partial charge >= 0.3 is 0 Å². The first kappa shape index (κ1) is 14.1. The van der Waals surface area contributed by atoms with Crippen LogP contribution in [0.5, 0.6) is 0 Å². The quantitative estimate of drug-likeness (QED) is 0.827. The predicted octanol–water partition coefficient (Wildman–Crippen LogP) is 3.92. The molecule has 1 unspecified atom stereocenters. The Balaban J connectivity index is 2.74. The van der Waals surface area contributed by atoms with E-state index in [1.54, 1.807) is 24.3 Å². The number of carbonyl (C=O) groups excluding carboxylic acids is 1. The number of benzene rings is 1. The average Bonchev–Trinajstić information content (AvgIpc) is 2.28. The maximum Gasteiger partial charge on any atom is 0.244 e. The van der Waals surface area contributed by atoms with Crippen molar-refractivity contribution in [1.82, 2.24) is 5.32 Å². The zero-order valence-corrected chi connectivity index (χ0v) is 11.3. The fourth-order valence-electron chi connectivity index (χ4n) is 1.22. The molecule has 0 fully saturated rings. The van der Waals surface area contributed by atoms with Gasteiger partial charge in [0.2, 0.25) is 5.91 Å². The second-order valence-corrected chi connectivity index (χ2v) is 4.60. The van der Waals surface area contributed by atoms with Crippen LogP contribution in [0.25, 0.3) is 6.08 Å². The molecule has 1 aromatic rings. The van der Waals surface area contributed by atoms with Crippen molar-refractivity contribution in [3.63, 3.8) is 0 Å². The van der Waals surface area contributed by atoms with Gasteiger partial charge in [0.1, 0.15) is 0 Å². The van der Waals surface area contributed by atoms with Gasteiger partial charge in [-0.15, -0.1) is 0 Å². The van der Waals surface area contributed by atoms with Gasteiger partial charge in [-0.2, -0.15) is 0 Å². The SMILES string of the molecule is CCC(C)NC(=O)C=Cc1c(Cl)cccc1Cl. The fraction of sp³-hybridized carbons (Fsp3) is 0.308. The van der Waals surface area contributed by atoms with Crippen LogP contribution in [0.4, 0.5) is 0 Å². The maximum atomic E-state index is 11.5. The molecule has 0 spiro atoms. The van der Waals surface area contributed by atoms with E-state index in [1.165, 1.54) is 6.08 Å². The van der Waals surface area contributed by atoms with E-state index in [9.17, 15) is 4.79 Å². The van der Waals surface area contributed by atoms with Crippen LogP contribution < -0.4 is 5.32 Å². The van der Waals surface area contributed by atoms with Crippen LogP contribution in [0, 0.1) is 0 Å². The molecule has 1 amide bonds. The molecule has 1 atom stereocenters. The lowest BCUT2D eigenvalue weighted by atomic mass is 10.2. The van der Waals surface area contributed by atoms with Crippen LogP contribution in [0.2, 0.25) is 10.0 Å². The van der Waals surface area contributed by atoms with E-state index < -0.39 is 0 Å². The van der Waals surface area contributed by atoms with E-state index in [1.807, 2.05) is 13.8 Å². The summed E-state index contributed by atoms with van der Waals surface area (Å²) in [4.78, 5) is 11.5. The second-order valence-electron chi connectivity index (χ2n) is 3.79. The standard InChI is InChI=1S/C13H15Cl2NO/c1-3-9(2)16-13(17)8-7-10-11(14)5-4-6-12(10)15/h4-9H,3H2,1-2H3,(H,16,17). The Morgan fingerprint density at radius 1 is 1.41 bits per heavy atom. The zero-order valence-electron chi connectivity index (χ0n) is 9.84. The van der Waals surface area contributed by atoms with Gasteiger partial charge in [-0.3, -0.25) is 4.79 Å². The largest absolute Gasteiger partial charge is 0.350 e. The number of amides is 1. The van der Waals surface area contributed by atoms with Gasteiger partial charge in [-0.05, 0) is 31.6 Å². The Labute approximate surface area is 112 Å². The highest BCUT2D eigenvalue weighted by atomic mass is 35.5. The summed E-state index contributed by atoms with van der Waals surface area (Å²) < 4.78 is 0. The highest BCUT2D eigenvalue weighted by molar-refractivity contribution is 6.37. The van der Waals surface area contributed by atoms with Crippen LogP contribution in [0.15, 0.2) is 24.3 Å². The molecule has 92 valence electrons. The number of rotatable bonds is 4. The van der Waals surface area contributed by atoms with Crippen molar-refractivity contribution in [2.24, 2.45) is 0 Å². The van der Waals surface area contributed by atoms with E-state index in [4.69, 9.17) is 23.2 Å². The molecule has 0 bridgehead atoms. The lowest BCUT2D eigenvalue weighted by Crippen LogP contribution is -2.30. The number of halogens is 2. The first-order chi connectivity index (χ1) is 8.04. The predicted molar refractivity (Wildman–Crippen MR) is 73.4 cm³/mol. The molecule has 1 rings (SSSR count). The molecular formula is C13H15Cl2NO. The van der Waals surface area contributed by atoms with Crippen LogP contribution in [0.3, 0.4) is 0 Å². The van der Waals surface area contributed by atoms with E-state index in [0.717, 1.165) is 6.42 Å². The van der Waals surface area contributed by atoms with Gasteiger partial charge < -0.3 is 5.32 Å². The fourth-order valence-corrected chi connectivity index (χ4v) is 1.75. The topological polar surface area (TPSA) is 29.1 Å². The van der Waals surface area contributed by atoms with Crippen molar-refractivity contribution < 1.29 is 4.79 Å². The Morgan fingerprint density at radius 3 is 2.53 bits per heavy atom. The van der Waals surface area contributed by atoms with Crippen molar-refractivity contribution in [2.45, 2.75) is 26.3 Å². The van der Waals surface area contributed by atoms with E-state index >= 15 is 0 Å². The van der Waals surface area contributed by atoms with E-state index in [2.05, 4.69) is 5.32 Å². The highest BCUT2D eigenvalue weighted by Crippen LogP contribution is 2.25. The maximum absolute atomic E-state index is 11.5. The Morgan fingerprint density at radius 2 is 2.00 bits per heavy atom. The normalized spacial score (nSPS) is 12.7. The van der Waals surface area contributed by atoms with Crippen molar-refractivity contribution in [3.8, 4) is 0 Å². The third kappa shape index (κ3) is 4.41. The minimum Gasteiger partial charge on any atom is -0.350 e. The van der Waals surface area contributed by atoms with Crippen LogP contribution in [-0.4, -0.2) is 11.9 Å². The molecule has 2 nitrogen and oxygen atoms in total. The molecule has 0 aromatic heterocycles. The van der Waals surface area contributed by atoms with Crippen LogP contribution in [0.1, 0.15) is 25.8 Å². The van der Waals surface area contributed by atoms with Crippen molar-refractivity contribution >= 4 is 35.2 Å². The Bertz CT molecular complexity index is 409. The van der Waals surface area contributed by atoms with Crippen molar-refractivity contribution in [2.75, 3.05) is 0 Å². The summed E-state index contributed by atoms with van der Waals surface area (Å²) in [5, 5.41) is 3.89. The molecule has 0 aliphatic heterocycles. The van der Waals surface area contributed by atoms with Gasteiger partial charge in [0.05, 0.1) is 0 Å². The minimum absolute atomic E-state index is 0.143. The lowest BCUT2D eigenvalue weighted by Gasteiger charge is -2.08. The van der Waals surface area contributed by atoms with E-state index in [-0.39, 0.29) is 11.9 Å².